The first-order valence-electron chi connectivity index (χ1n) is 9.90. The Morgan fingerprint density at radius 2 is 2.03 bits per heavy atom. The third kappa shape index (κ3) is 3.89. The first-order chi connectivity index (χ1) is 14.1. The minimum Gasteiger partial charge on any atom is -0.383 e. The molecule has 4 aromatic rings. The minimum absolute atomic E-state index is 0.106. The number of aromatic nitrogens is 3. The molecule has 2 aromatic carbocycles. The van der Waals surface area contributed by atoms with Crippen molar-refractivity contribution in [3.8, 4) is 0 Å². The number of imidazole rings is 1. The van der Waals surface area contributed by atoms with Crippen LogP contribution in [0, 0.1) is 5.92 Å². The number of benzene rings is 2. The molecule has 1 atom stereocenters. The number of aromatic amines is 1. The predicted molar refractivity (Wildman–Crippen MR) is 115 cm³/mol. The summed E-state index contributed by atoms with van der Waals surface area (Å²) >= 11 is 0. The van der Waals surface area contributed by atoms with E-state index >= 15 is 0 Å². The van der Waals surface area contributed by atoms with Crippen LogP contribution in [0.2, 0.25) is 0 Å². The van der Waals surface area contributed by atoms with E-state index in [-0.39, 0.29) is 17.9 Å². The lowest BCUT2D eigenvalue weighted by Crippen LogP contribution is -2.32. The molecule has 0 spiro atoms. The number of hydrogen-bond acceptors (Lipinski definition) is 3. The predicted octanol–water partition coefficient (Wildman–Crippen LogP) is 4.29. The number of fused-ring (bicyclic) bond motifs is 2. The highest BCUT2D eigenvalue weighted by molar-refractivity contribution is 5.98. The maximum absolute atomic E-state index is 13.1. The Balaban J connectivity index is 1.60. The van der Waals surface area contributed by atoms with Gasteiger partial charge < -0.3 is 19.6 Å². The monoisotopic (exact) mass is 390 g/mol. The zero-order chi connectivity index (χ0) is 20.4. The molecule has 0 fully saturated rings. The largest absolute Gasteiger partial charge is 0.383 e. The summed E-state index contributed by atoms with van der Waals surface area (Å²) in [5.41, 5.74) is 3.54. The fraction of sp³-hybridized carbons (Fsp3) is 0.304. The molecule has 0 saturated carbocycles. The van der Waals surface area contributed by atoms with Crippen molar-refractivity contribution in [3.05, 3.63) is 66.1 Å². The molecular formula is C23H26N4O2. The summed E-state index contributed by atoms with van der Waals surface area (Å²) in [6, 6.07) is 15.5. The van der Waals surface area contributed by atoms with Crippen molar-refractivity contribution in [3.63, 3.8) is 0 Å². The first kappa shape index (κ1) is 19.2. The Bertz CT molecular complexity index is 1110. The second-order valence-electron chi connectivity index (χ2n) is 7.61. The number of amides is 1. The summed E-state index contributed by atoms with van der Waals surface area (Å²) in [5.74, 6) is 0.860. The van der Waals surface area contributed by atoms with Gasteiger partial charge in [0, 0.05) is 30.9 Å². The number of para-hydroxylation sites is 2. The van der Waals surface area contributed by atoms with Gasteiger partial charge >= 0.3 is 0 Å². The molecule has 4 rings (SSSR count). The molecule has 29 heavy (non-hydrogen) atoms. The zero-order valence-corrected chi connectivity index (χ0v) is 17.0. The van der Waals surface area contributed by atoms with Crippen molar-refractivity contribution in [1.82, 2.24) is 19.9 Å². The first-order valence-corrected chi connectivity index (χ1v) is 9.90. The molecule has 0 saturated heterocycles. The molecule has 0 radical (unpaired) electrons. The van der Waals surface area contributed by atoms with Crippen LogP contribution < -0.4 is 5.32 Å². The van der Waals surface area contributed by atoms with E-state index in [1.54, 1.807) is 7.11 Å². The van der Waals surface area contributed by atoms with Gasteiger partial charge in [0.1, 0.15) is 5.82 Å². The van der Waals surface area contributed by atoms with Crippen LogP contribution >= 0.6 is 0 Å². The Morgan fingerprint density at radius 1 is 1.21 bits per heavy atom. The van der Waals surface area contributed by atoms with Gasteiger partial charge in [-0.1, -0.05) is 32.0 Å². The number of H-pyrrole nitrogens is 1. The molecular weight excluding hydrogens is 364 g/mol. The van der Waals surface area contributed by atoms with Gasteiger partial charge in [0.25, 0.3) is 5.91 Å². The van der Waals surface area contributed by atoms with Crippen LogP contribution in [-0.4, -0.2) is 34.2 Å². The van der Waals surface area contributed by atoms with E-state index < -0.39 is 0 Å². The second kappa shape index (κ2) is 8.09. The molecule has 0 bridgehead atoms. The Kier molecular flexibility index (Phi) is 5.36. The lowest BCUT2D eigenvalue weighted by Gasteiger charge is -2.20. The number of rotatable bonds is 7. The van der Waals surface area contributed by atoms with Crippen LogP contribution in [0.1, 0.15) is 36.1 Å². The Morgan fingerprint density at radius 3 is 2.79 bits per heavy atom. The third-order valence-electron chi connectivity index (χ3n) is 5.23. The van der Waals surface area contributed by atoms with E-state index in [2.05, 4.69) is 39.8 Å². The quantitative estimate of drug-likeness (QED) is 0.494. The van der Waals surface area contributed by atoms with Crippen molar-refractivity contribution in [2.24, 2.45) is 5.92 Å². The summed E-state index contributed by atoms with van der Waals surface area (Å²) in [5, 5.41) is 4.27. The third-order valence-corrected chi connectivity index (χ3v) is 5.23. The van der Waals surface area contributed by atoms with E-state index in [0.29, 0.717) is 12.2 Å². The number of ether oxygens (including phenoxy) is 1. The fourth-order valence-electron chi connectivity index (χ4n) is 3.60. The molecule has 2 heterocycles. The fourth-order valence-corrected chi connectivity index (χ4v) is 3.60. The number of nitrogens with zero attached hydrogens (tertiary/aromatic N) is 2. The number of hydrogen-bond donors (Lipinski definition) is 2. The minimum atomic E-state index is -0.203. The number of carbonyl (C=O) groups excluding carboxylic acids is 1. The van der Waals surface area contributed by atoms with Crippen molar-refractivity contribution in [2.75, 3.05) is 13.7 Å². The molecule has 0 aliphatic heterocycles. The molecule has 6 nitrogen and oxygen atoms in total. The Labute approximate surface area is 169 Å². The van der Waals surface area contributed by atoms with E-state index in [1.807, 2.05) is 48.7 Å². The van der Waals surface area contributed by atoms with E-state index in [1.165, 1.54) is 0 Å². The van der Waals surface area contributed by atoms with Crippen molar-refractivity contribution < 1.29 is 9.53 Å². The Hall–Kier alpha value is -3.12. The smallest absolute Gasteiger partial charge is 0.251 e. The lowest BCUT2D eigenvalue weighted by molar-refractivity contribution is 0.0923. The van der Waals surface area contributed by atoms with Crippen LogP contribution in [0.15, 0.2) is 54.7 Å². The summed E-state index contributed by atoms with van der Waals surface area (Å²) in [6.45, 7) is 5.54. The van der Waals surface area contributed by atoms with Crippen LogP contribution in [-0.2, 0) is 11.3 Å². The number of carbonyl (C=O) groups is 1. The standard InChI is InChI=1S/C23H26N4O2/c1-15(2)21(22-24-18-6-4-5-7-19(18)25-22)26-23(28)17-9-8-16-10-11-27(12-13-29-3)20(16)14-17/h4-11,14-15,21H,12-13H2,1-3H3,(H,24,25)(H,26,28). The van der Waals surface area contributed by atoms with Crippen LogP contribution in [0.4, 0.5) is 0 Å². The van der Waals surface area contributed by atoms with Gasteiger partial charge in [-0.25, -0.2) is 4.98 Å². The van der Waals surface area contributed by atoms with Gasteiger partial charge in [0.15, 0.2) is 0 Å². The maximum Gasteiger partial charge on any atom is 0.251 e. The normalized spacial score (nSPS) is 12.7. The molecule has 2 N–H and O–H groups in total. The lowest BCUT2D eigenvalue weighted by atomic mass is 10.0. The molecule has 1 unspecified atom stereocenters. The van der Waals surface area contributed by atoms with Gasteiger partial charge in [0.2, 0.25) is 0 Å². The van der Waals surface area contributed by atoms with Crippen LogP contribution in [0.3, 0.4) is 0 Å². The molecule has 1 amide bonds. The van der Waals surface area contributed by atoms with Gasteiger partial charge in [-0.05, 0) is 41.6 Å². The second-order valence-corrected chi connectivity index (χ2v) is 7.61. The number of methoxy groups -OCH3 is 1. The number of nitrogens with one attached hydrogen (secondary N) is 2. The molecule has 2 aromatic heterocycles. The average Bonchev–Trinajstić information content (AvgIpc) is 3.33. The maximum atomic E-state index is 13.1. The summed E-state index contributed by atoms with van der Waals surface area (Å²) in [7, 11) is 1.69. The highest BCUT2D eigenvalue weighted by atomic mass is 16.5. The topological polar surface area (TPSA) is 71.9 Å². The zero-order valence-electron chi connectivity index (χ0n) is 17.0. The highest BCUT2D eigenvalue weighted by Gasteiger charge is 2.22. The van der Waals surface area contributed by atoms with Gasteiger partial charge in [0.05, 0.1) is 23.7 Å². The van der Waals surface area contributed by atoms with Crippen LogP contribution in [0.25, 0.3) is 21.9 Å². The summed E-state index contributed by atoms with van der Waals surface area (Å²) < 4.78 is 7.29. The van der Waals surface area contributed by atoms with E-state index in [9.17, 15) is 4.79 Å². The van der Waals surface area contributed by atoms with Gasteiger partial charge in [-0.15, -0.1) is 0 Å². The molecule has 150 valence electrons. The summed E-state index contributed by atoms with van der Waals surface area (Å²) in [6.07, 6.45) is 2.02. The van der Waals surface area contributed by atoms with Crippen molar-refractivity contribution in [1.29, 1.82) is 0 Å². The van der Waals surface area contributed by atoms with Crippen LogP contribution in [0.5, 0.6) is 0 Å². The van der Waals surface area contributed by atoms with E-state index in [4.69, 9.17) is 4.74 Å². The van der Waals surface area contributed by atoms with Gasteiger partial charge in [-0.2, -0.15) is 0 Å². The molecule has 6 heteroatoms. The molecule has 0 aliphatic rings. The summed E-state index contributed by atoms with van der Waals surface area (Å²) in [4.78, 5) is 21.1. The van der Waals surface area contributed by atoms with Gasteiger partial charge in [-0.3, -0.25) is 4.79 Å². The average molecular weight is 390 g/mol. The highest BCUT2D eigenvalue weighted by Crippen LogP contribution is 2.24. The molecule has 0 aliphatic carbocycles. The van der Waals surface area contributed by atoms with Crippen molar-refractivity contribution in [2.45, 2.75) is 26.4 Å². The van der Waals surface area contributed by atoms with E-state index in [0.717, 1.165) is 34.3 Å². The van der Waals surface area contributed by atoms with Crippen molar-refractivity contribution >= 4 is 27.8 Å². The SMILES string of the molecule is COCCn1ccc2ccc(C(=O)NC(c3nc4ccccc4[nH]3)C(C)C)cc21.